The number of esters is 2. The lowest BCUT2D eigenvalue weighted by Crippen LogP contribution is -2.41. The zero-order valence-electron chi connectivity index (χ0n) is 21.5. The summed E-state index contributed by atoms with van der Waals surface area (Å²) in [6.45, 7) is 7.31. The van der Waals surface area contributed by atoms with Crippen LogP contribution >= 0.6 is 15.9 Å². The number of methoxy groups -OCH3 is 3. The largest absolute Gasteiger partial charge is 0.466 e. The summed E-state index contributed by atoms with van der Waals surface area (Å²) in [4.78, 5) is 28.2. The van der Waals surface area contributed by atoms with Crippen LogP contribution in [0.1, 0.15) is 34.1 Å². The number of carbonyl (C=O) groups excluding carboxylic acids is 2. The fourth-order valence-corrected chi connectivity index (χ4v) is 5.67. The Bertz CT molecular complexity index is 1060. The molecule has 36 heavy (non-hydrogen) atoms. The van der Waals surface area contributed by atoms with E-state index in [0.29, 0.717) is 22.5 Å². The molecule has 0 aliphatic carbocycles. The molecule has 9 nitrogen and oxygen atoms in total. The summed E-state index contributed by atoms with van der Waals surface area (Å²) in [7, 11) is 4.23. The topological polar surface area (TPSA) is 92.8 Å². The van der Waals surface area contributed by atoms with Gasteiger partial charge in [0, 0.05) is 34.6 Å². The van der Waals surface area contributed by atoms with Gasteiger partial charge in [0.25, 0.3) is 0 Å². The fraction of sp³-hybridized carbons (Fsp3) is 0.538. The third kappa shape index (κ3) is 4.72. The number of hydrogen-bond acceptors (Lipinski definition) is 9. The molecular weight excluding hydrogens is 534 g/mol. The van der Waals surface area contributed by atoms with Gasteiger partial charge in [-0.2, -0.15) is 0 Å². The fourth-order valence-electron chi connectivity index (χ4n) is 5.41. The van der Waals surface area contributed by atoms with Crippen LogP contribution in [0.3, 0.4) is 0 Å². The summed E-state index contributed by atoms with van der Waals surface area (Å²) < 4.78 is 35.2. The highest BCUT2D eigenvalue weighted by Crippen LogP contribution is 2.45. The van der Waals surface area contributed by atoms with Crippen LogP contribution in [-0.2, 0) is 38.0 Å². The number of rotatable bonds is 6. The number of benzene rings is 1. The first-order chi connectivity index (χ1) is 17.0. The van der Waals surface area contributed by atoms with Crippen LogP contribution < -0.4 is 4.90 Å². The Balaban J connectivity index is 1.78. The highest BCUT2D eigenvalue weighted by atomic mass is 79.9. The summed E-state index contributed by atoms with van der Waals surface area (Å²) in [5.41, 5.74) is 2.80. The van der Waals surface area contributed by atoms with Crippen LogP contribution in [0.4, 0.5) is 5.69 Å². The number of nitrogens with zero attached hydrogens (tertiary/aromatic N) is 1. The minimum atomic E-state index is -0.797. The van der Waals surface area contributed by atoms with Gasteiger partial charge in [0.1, 0.15) is 12.2 Å². The predicted octanol–water partition coefficient (Wildman–Crippen LogP) is 4.06. The van der Waals surface area contributed by atoms with Crippen molar-refractivity contribution in [3.05, 3.63) is 51.3 Å². The molecule has 0 saturated carbocycles. The third-order valence-electron chi connectivity index (χ3n) is 6.87. The average Bonchev–Trinajstić information content (AvgIpc) is 3.29. The Morgan fingerprint density at radius 3 is 2.03 bits per heavy atom. The number of fused-ring (bicyclic) bond motifs is 1. The van der Waals surface area contributed by atoms with E-state index in [-0.39, 0.29) is 6.42 Å². The Morgan fingerprint density at radius 2 is 1.53 bits per heavy atom. The first-order valence-corrected chi connectivity index (χ1v) is 12.5. The highest BCUT2D eigenvalue weighted by Gasteiger charge is 2.56. The molecule has 2 saturated heterocycles. The molecule has 0 spiro atoms. The number of allylic oxidation sites excluding steroid dienone is 2. The van der Waals surface area contributed by atoms with Crippen molar-refractivity contribution in [2.75, 3.05) is 26.2 Å². The lowest BCUT2D eigenvalue weighted by Gasteiger charge is -2.38. The maximum absolute atomic E-state index is 13.2. The van der Waals surface area contributed by atoms with Gasteiger partial charge in [0.15, 0.2) is 12.1 Å². The van der Waals surface area contributed by atoms with Crippen molar-refractivity contribution >= 4 is 33.6 Å². The summed E-state index contributed by atoms with van der Waals surface area (Å²) in [5, 5.41) is 0. The molecule has 3 heterocycles. The number of ether oxygens (including phenoxy) is 6. The molecule has 0 aromatic heterocycles. The molecule has 196 valence electrons. The molecule has 0 amide bonds. The van der Waals surface area contributed by atoms with E-state index in [2.05, 4.69) is 15.9 Å². The quantitative estimate of drug-likeness (QED) is 0.473. The lowest BCUT2D eigenvalue weighted by atomic mass is 9.80. The molecule has 1 aromatic carbocycles. The minimum absolute atomic E-state index is 0.260. The Kier molecular flexibility index (Phi) is 7.64. The van der Waals surface area contributed by atoms with Crippen LogP contribution in [0.5, 0.6) is 0 Å². The SMILES string of the molecule is COC(=O)C1=C(C)N(c2ccc(Br)cc2)C(C)=C(C(=O)OC)C1CC1O[C@H]2OC(C)(C)O[C@H]2[C@@H]1OC. The smallest absolute Gasteiger partial charge is 0.336 e. The zero-order valence-corrected chi connectivity index (χ0v) is 23.1. The molecule has 0 bridgehead atoms. The molecule has 1 aromatic rings. The van der Waals surface area contributed by atoms with Gasteiger partial charge < -0.3 is 33.3 Å². The Labute approximate surface area is 219 Å². The van der Waals surface area contributed by atoms with Gasteiger partial charge in [-0.3, -0.25) is 0 Å². The van der Waals surface area contributed by atoms with Crippen LogP contribution in [0.25, 0.3) is 0 Å². The second-order valence-corrected chi connectivity index (χ2v) is 10.3. The van der Waals surface area contributed by atoms with Gasteiger partial charge in [-0.15, -0.1) is 0 Å². The predicted molar refractivity (Wildman–Crippen MR) is 134 cm³/mol. The van der Waals surface area contributed by atoms with Gasteiger partial charge in [0.2, 0.25) is 0 Å². The van der Waals surface area contributed by atoms with E-state index in [1.54, 1.807) is 7.11 Å². The molecule has 2 fully saturated rings. The molecule has 10 heteroatoms. The summed E-state index contributed by atoms with van der Waals surface area (Å²) >= 11 is 3.45. The average molecular weight is 566 g/mol. The standard InChI is InChI=1S/C26H32BrNO8/c1-13-19(23(29)32-6)17(12-18-21(31-5)22-25(34-18)36-26(3,4)35-22)20(24(30)33-7)14(2)28(13)16-10-8-15(27)9-11-16/h8-11,17-18,21-22,25H,12H2,1-7H3/t18?,21-,22+,25+/m1/s1. The van der Waals surface area contributed by atoms with Crippen molar-refractivity contribution in [2.24, 2.45) is 5.92 Å². The second kappa shape index (κ2) is 10.3. The first kappa shape index (κ1) is 26.8. The van der Waals surface area contributed by atoms with Crippen LogP contribution in [0.15, 0.2) is 51.3 Å². The van der Waals surface area contributed by atoms with Gasteiger partial charge in [-0.25, -0.2) is 9.59 Å². The molecule has 4 rings (SSSR count). The zero-order chi connectivity index (χ0) is 26.4. The van der Waals surface area contributed by atoms with Gasteiger partial charge in [-0.05, 0) is 58.4 Å². The molecule has 3 aliphatic rings. The second-order valence-electron chi connectivity index (χ2n) is 9.42. The Hall–Kier alpha value is -2.24. The van der Waals surface area contributed by atoms with E-state index < -0.39 is 48.2 Å². The van der Waals surface area contributed by atoms with Crippen molar-refractivity contribution in [1.82, 2.24) is 0 Å². The number of anilines is 1. The normalized spacial score (nSPS) is 27.9. The molecule has 4 atom stereocenters. The minimum Gasteiger partial charge on any atom is -0.466 e. The van der Waals surface area contributed by atoms with E-state index >= 15 is 0 Å². The van der Waals surface area contributed by atoms with Gasteiger partial charge >= 0.3 is 11.9 Å². The van der Waals surface area contributed by atoms with Crippen LogP contribution in [0.2, 0.25) is 0 Å². The third-order valence-corrected chi connectivity index (χ3v) is 7.40. The summed E-state index contributed by atoms with van der Waals surface area (Å²) in [5.74, 6) is -2.52. The monoisotopic (exact) mass is 565 g/mol. The molecule has 1 unspecified atom stereocenters. The van der Waals surface area contributed by atoms with Gasteiger partial charge in [-0.1, -0.05) is 15.9 Å². The molecular formula is C26H32BrNO8. The molecule has 0 N–H and O–H groups in total. The van der Waals surface area contributed by atoms with E-state index in [9.17, 15) is 9.59 Å². The van der Waals surface area contributed by atoms with Crippen molar-refractivity contribution in [3.8, 4) is 0 Å². The maximum Gasteiger partial charge on any atom is 0.336 e. The van der Waals surface area contributed by atoms with E-state index in [1.165, 1.54) is 14.2 Å². The van der Waals surface area contributed by atoms with Crippen molar-refractivity contribution in [2.45, 2.75) is 64.5 Å². The lowest BCUT2D eigenvalue weighted by molar-refractivity contribution is -0.217. The molecule has 3 aliphatic heterocycles. The Morgan fingerprint density at radius 1 is 0.972 bits per heavy atom. The van der Waals surface area contributed by atoms with E-state index in [1.807, 2.05) is 56.9 Å². The molecule has 0 radical (unpaired) electrons. The van der Waals surface area contributed by atoms with Gasteiger partial charge in [0.05, 0.1) is 31.5 Å². The van der Waals surface area contributed by atoms with Crippen molar-refractivity contribution < 1.29 is 38.0 Å². The van der Waals surface area contributed by atoms with E-state index in [4.69, 9.17) is 28.4 Å². The summed E-state index contributed by atoms with van der Waals surface area (Å²) in [6.07, 6.45) is -1.76. The van der Waals surface area contributed by atoms with Crippen LogP contribution in [0, 0.1) is 5.92 Å². The first-order valence-electron chi connectivity index (χ1n) is 11.7. The van der Waals surface area contributed by atoms with Crippen molar-refractivity contribution in [3.63, 3.8) is 0 Å². The van der Waals surface area contributed by atoms with E-state index in [0.717, 1.165) is 10.2 Å². The summed E-state index contributed by atoms with van der Waals surface area (Å²) in [6, 6.07) is 7.60. The number of carbonyl (C=O) groups is 2. The highest BCUT2D eigenvalue weighted by molar-refractivity contribution is 9.10. The number of hydrogen-bond donors (Lipinski definition) is 0. The van der Waals surface area contributed by atoms with Crippen LogP contribution in [-0.4, -0.2) is 63.7 Å². The van der Waals surface area contributed by atoms with Crippen molar-refractivity contribution in [1.29, 1.82) is 0 Å². The maximum atomic E-state index is 13.2. The number of halogens is 1.